The van der Waals surface area contributed by atoms with E-state index >= 15 is 0 Å². The first kappa shape index (κ1) is 21.2. The van der Waals surface area contributed by atoms with Crippen LogP contribution in [0.2, 0.25) is 0 Å². The molecule has 1 heterocycles. The number of benzene rings is 2. The Labute approximate surface area is 173 Å². The maximum atomic E-state index is 12.8. The van der Waals surface area contributed by atoms with Gasteiger partial charge in [0.1, 0.15) is 11.5 Å². The van der Waals surface area contributed by atoms with Crippen molar-refractivity contribution in [2.45, 2.75) is 6.04 Å². The Morgan fingerprint density at radius 1 is 0.967 bits per heavy atom. The number of carbonyl (C=O) groups is 2. The molecule has 1 saturated heterocycles. The van der Waals surface area contributed by atoms with Gasteiger partial charge in [0.05, 0.1) is 39.6 Å². The normalized spacial score (nSPS) is 17.9. The molecule has 1 atom stereocenters. The average molecular weight is 413 g/mol. The van der Waals surface area contributed by atoms with E-state index in [-0.39, 0.29) is 24.5 Å². The third-order valence-corrected chi connectivity index (χ3v) is 4.97. The Morgan fingerprint density at radius 2 is 1.63 bits per heavy atom. The number of nitrogens with zero attached hydrogens (tertiary/aromatic N) is 1. The second-order valence-electron chi connectivity index (χ2n) is 6.56. The second kappa shape index (κ2) is 8.87. The molecule has 0 radical (unpaired) electrons. The standard InChI is InChI=1S/C22H23NO7/c1-28-15-7-4-13(5-8-15)20(25)18-19(23(10-11-24)22(27)21(18)26)14-6-9-16(29-2)17(12-14)30-3/h4-9,12,19,24-25H,10-11H2,1-3H3/b20-18+/t19-/m1/s1. The van der Waals surface area contributed by atoms with E-state index in [2.05, 4.69) is 0 Å². The van der Waals surface area contributed by atoms with Crippen LogP contribution in [0.25, 0.3) is 5.76 Å². The summed E-state index contributed by atoms with van der Waals surface area (Å²) in [6.07, 6.45) is 0. The molecule has 1 aliphatic heterocycles. The molecular weight excluding hydrogens is 390 g/mol. The summed E-state index contributed by atoms with van der Waals surface area (Å²) < 4.78 is 15.7. The number of hydrogen-bond donors (Lipinski definition) is 2. The maximum Gasteiger partial charge on any atom is 0.295 e. The fourth-order valence-electron chi connectivity index (χ4n) is 3.49. The second-order valence-corrected chi connectivity index (χ2v) is 6.56. The van der Waals surface area contributed by atoms with E-state index in [1.807, 2.05) is 0 Å². The molecule has 2 aromatic rings. The van der Waals surface area contributed by atoms with Gasteiger partial charge >= 0.3 is 0 Å². The molecule has 0 spiro atoms. The van der Waals surface area contributed by atoms with Crippen molar-refractivity contribution in [2.75, 3.05) is 34.5 Å². The molecule has 158 valence electrons. The lowest BCUT2D eigenvalue weighted by Crippen LogP contribution is -2.32. The zero-order valence-electron chi connectivity index (χ0n) is 16.9. The third-order valence-electron chi connectivity index (χ3n) is 4.97. The highest BCUT2D eigenvalue weighted by Crippen LogP contribution is 2.41. The van der Waals surface area contributed by atoms with Crippen LogP contribution >= 0.6 is 0 Å². The molecule has 2 N–H and O–H groups in total. The van der Waals surface area contributed by atoms with E-state index in [1.165, 1.54) is 26.2 Å². The summed E-state index contributed by atoms with van der Waals surface area (Å²) in [6, 6.07) is 10.6. The van der Waals surface area contributed by atoms with Crippen LogP contribution in [0.4, 0.5) is 0 Å². The molecular formula is C22H23NO7. The number of β-amino-alcohol motifs (C(OH)–C–C–N with tert-alkyl or cyclic N) is 1. The van der Waals surface area contributed by atoms with Gasteiger partial charge in [-0.05, 0) is 42.0 Å². The van der Waals surface area contributed by atoms with Gasteiger partial charge in [0.25, 0.3) is 11.7 Å². The van der Waals surface area contributed by atoms with E-state index in [9.17, 15) is 19.8 Å². The molecule has 0 bridgehead atoms. The van der Waals surface area contributed by atoms with Crippen molar-refractivity contribution in [2.24, 2.45) is 0 Å². The van der Waals surface area contributed by atoms with Crippen LogP contribution in [0.15, 0.2) is 48.0 Å². The van der Waals surface area contributed by atoms with Crippen molar-refractivity contribution in [3.63, 3.8) is 0 Å². The van der Waals surface area contributed by atoms with E-state index in [0.29, 0.717) is 28.4 Å². The number of rotatable bonds is 7. The molecule has 0 unspecified atom stereocenters. The Bertz CT molecular complexity index is 981. The number of aliphatic hydroxyl groups excluding tert-OH is 2. The fraction of sp³-hybridized carbons (Fsp3) is 0.273. The molecule has 2 aromatic carbocycles. The molecule has 1 fully saturated rings. The Balaban J connectivity index is 2.18. The van der Waals surface area contributed by atoms with E-state index in [4.69, 9.17) is 14.2 Å². The number of likely N-dealkylation sites (tertiary alicyclic amines) is 1. The highest BCUT2D eigenvalue weighted by molar-refractivity contribution is 6.46. The highest BCUT2D eigenvalue weighted by Gasteiger charge is 2.46. The Morgan fingerprint density at radius 3 is 2.20 bits per heavy atom. The first-order valence-electron chi connectivity index (χ1n) is 9.22. The van der Waals surface area contributed by atoms with Crippen molar-refractivity contribution >= 4 is 17.4 Å². The number of carbonyl (C=O) groups excluding carboxylic acids is 2. The monoisotopic (exact) mass is 413 g/mol. The van der Waals surface area contributed by atoms with Gasteiger partial charge in [-0.15, -0.1) is 0 Å². The molecule has 0 aromatic heterocycles. The van der Waals surface area contributed by atoms with Gasteiger partial charge in [0.15, 0.2) is 11.5 Å². The SMILES string of the molecule is COc1ccc(/C(O)=C2\C(=O)C(=O)N(CCO)[C@@H]2c2ccc(OC)c(OC)c2)cc1. The smallest absolute Gasteiger partial charge is 0.295 e. The minimum absolute atomic E-state index is 0.0640. The molecule has 8 nitrogen and oxygen atoms in total. The topological polar surface area (TPSA) is 106 Å². The van der Waals surface area contributed by atoms with Crippen molar-refractivity contribution in [3.05, 3.63) is 59.2 Å². The largest absolute Gasteiger partial charge is 0.507 e. The quantitative estimate of drug-likeness (QED) is 0.407. The number of aliphatic hydroxyl groups is 2. The molecule has 30 heavy (non-hydrogen) atoms. The first-order chi connectivity index (χ1) is 14.5. The van der Waals surface area contributed by atoms with E-state index in [0.717, 1.165) is 0 Å². The van der Waals surface area contributed by atoms with Crippen molar-refractivity contribution in [1.29, 1.82) is 0 Å². The first-order valence-corrected chi connectivity index (χ1v) is 9.22. The number of Topliss-reactive ketones (excluding diaryl/α,β-unsaturated/α-hetero) is 1. The predicted molar refractivity (Wildman–Crippen MR) is 109 cm³/mol. The lowest BCUT2D eigenvalue weighted by Gasteiger charge is -2.25. The van der Waals surface area contributed by atoms with Gasteiger partial charge < -0.3 is 29.3 Å². The molecule has 3 rings (SSSR count). The third kappa shape index (κ3) is 3.69. The lowest BCUT2D eigenvalue weighted by atomic mass is 9.95. The minimum atomic E-state index is -0.890. The molecule has 0 aliphatic carbocycles. The summed E-state index contributed by atoms with van der Waals surface area (Å²) >= 11 is 0. The zero-order valence-corrected chi connectivity index (χ0v) is 16.9. The summed E-state index contributed by atoms with van der Waals surface area (Å²) in [7, 11) is 4.50. The molecule has 0 saturated carbocycles. The maximum absolute atomic E-state index is 12.8. The van der Waals surface area contributed by atoms with Gasteiger partial charge in [0, 0.05) is 12.1 Å². The van der Waals surface area contributed by atoms with E-state index in [1.54, 1.807) is 42.5 Å². The summed E-state index contributed by atoms with van der Waals surface area (Å²) in [4.78, 5) is 26.7. The zero-order chi connectivity index (χ0) is 21.8. The van der Waals surface area contributed by atoms with Gasteiger partial charge in [-0.2, -0.15) is 0 Å². The molecule has 1 aliphatic rings. The van der Waals surface area contributed by atoms with Crippen LogP contribution in [0.5, 0.6) is 17.2 Å². The fourth-order valence-corrected chi connectivity index (χ4v) is 3.49. The average Bonchev–Trinajstić information content (AvgIpc) is 3.03. The van der Waals surface area contributed by atoms with Crippen LogP contribution < -0.4 is 14.2 Å². The van der Waals surface area contributed by atoms with Crippen LogP contribution in [0, 0.1) is 0 Å². The van der Waals surface area contributed by atoms with Crippen molar-refractivity contribution < 1.29 is 34.0 Å². The summed E-state index contributed by atoms with van der Waals surface area (Å²) in [5, 5.41) is 20.4. The van der Waals surface area contributed by atoms with Crippen LogP contribution in [0.1, 0.15) is 17.2 Å². The van der Waals surface area contributed by atoms with Crippen molar-refractivity contribution in [3.8, 4) is 17.2 Å². The Kier molecular flexibility index (Phi) is 6.27. The predicted octanol–water partition coefficient (Wildman–Crippen LogP) is 2.13. The summed E-state index contributed by atoms with van der Waals surface area (Å²) in [5.41, 5.74) is 0.837. The highest BCUT2D eigenvalue weighted by atomic mass is 16.5. The lowest BCUT2D eigenvalue weighted by molar-refractivity contribution is -0.140. The van der Waals surface area contributed by atoms with Crippen LogP contribution in [-0.2, 0) is 9.59 Å². The van der Waals surface area contributed by atoms with Crippen LogP contribution in [0.3, 0.4) is 0 Å². The van der Waals surface area contributed by atoms with Gasteiger partial charge in [0.2, 0.25) is 0 Å². The van der Waals surface area contributed by atoms with Crippen molar-refractivity contribution in [1.82, 2.24) is 4.90 Å². The number of amides is 1. The number of hydrogen-bond acceptors (Lipinski definition) is 7. The van der Waals surface area contributed by atoms with Gasteiger partial charge in [-0.25, -0.2) is 0 Å². The van der Waals surface area contributed by atoms with Gasteiger partial charge in [-0.3, -0.25) is 9.59 Å². The summed E-state index contributed by atoms with van der Waals surface area (Å²) in [6.45, 7) is -0.400. The Hall–Kier alpha value is -3.52. The van der Waals surface area contributed by atoms with E-state index < -0.39 is 17.7 Å². The molecule has 8 heteroatoms. The minimum Gasteiger partial charge on any atom is -0.507 e. The number of ketones is 1. The van der Waals surface area contributed by atoms with Gasteiger partial charge in [-0.1, -0.05) is 6.07 Å². The number of methoxy groups -OCH3 is 3. The number of ether oxygens (including phenoxy) is 3. The summed E-state index contributed by atoms with van der Waals surface area (Å²) in [5.74, 6) is -0.444. The van der Waals surface area contributed by atoms with Crippen LogP contribution in [-0.4, -0.2) is 61.3 Å². The molecule has 1 amide bonds.